The molecule has 0 aliphatic carbocycles. The number of aliphatic carboxylic acids is 1. The molecule has 0 aromatic heterocycles. The van der Waals surface area contributed by atoms with Crippen molar-refractivity contribution in [3.63, 3.8) is 0 Å². The molecule has 14 heavy (non-hydrogen) atoms. The van der Waals surface area contributed by atoms with E-state index in [1.165, 1.54) is 19.2 Å². The zero-order valence-corrected chi connectivity index (χ0v) is 7.52. The van der Waals surface area contributed by atoms with Gasteiger partial charge in [0.15, 0.2) is 11.5 Å². The summed E-state index contributed by atoms with van der Waals surface area (Å²) in [4.78, 5) is 10.4. The molecular weight excluding hydrogens is 188 g/mol. The highest BCUT2D eigenvalue weighted by Gasteiger charge is 2.11. The summed E-state index contributed by atoms with van der Waals surface area (Å²) in [6, 6.07) is 2.49. The normalized spacial score (nSPS) is 9.79. The number of phenolic OH excluding ortho intramolecular Hbond substituents is 2. The third kappa shape index (κ3) is 2.07. The van der Waals surface area contributed by atoms with E-state index in [4.69, 9.17) is 5.11 Å². The van der Waals surface area contributed by atoms with Crippen molar-refractivity contribution in [2.24, 2.45) is 0 Å². The van der Waals surface area contributed by atoms with Gasteiger partial charge in [0.1, 0.15) is 0 Å². The lowest BCUT2D eigenvalue weighted by Crippen LogP contribution is -2.00. The minimum Gasteiger partial charge on any atom is -0.504 e. The van der Waals surface area contributed by atoms with Crippen molar-refractivity contribution in [3.05, 3.63) is 17.7 Å². The molecule has 0 unspecified atom stereocenters. The quantitative estimate of drug-likeness (QED) is 0.666. The van der Waals surface area contributed by atoms with E-state index in [0.717, 1.165) is 0 Å². The summed E-state index contributed by atoms with van der Waals surface area (Å²) in [7, 11) is 1.30. The largest absolute Gasteiger partial charge is 0.504 e. The van der Waals surface area contributed by atoms with Crippen LogP contribution in [0.2, 0.25) is 0 Å². The molecule has 5 nitrogen and oxygen atoms in total. The van der Waals surface area contributed by atoms with Crippen molar-refractivity contribution >= 4 is 5.97 Å². The molecule has 0 atom stereocenters. The van der Waals surface area contributed by atoms with Gasteiger partial charge in [0, 0.05) is 0 Å². The number of ether oxygens (including phenoxy) is 1. The van der Waals surface area contributed by atoms with Crippen LogP contribution in [0.4, 0.5) is 0 Å². The number of rotatable bonds is 3. The van der Waals surface area contributed by atoms with E-state index in [9.17, 15) is 15.0 Å². The molecule has 1 rings (SSSR count). The molecule has 0 bridgehead atoms. The number of carboxylic acid groups (broad SMARTS) is 1. The summed E-state index contributed by atoms with van der Waals surface area (Å²) in [6.07, 6.45) is -0.259. The van der Waals surface area contributed by atoms with E-state index in [2.05, 4.69) is 4.74 Å². The number of benzene rings is 1. The van der Waals surface area contributed by atoms with Crippen molar-refractivity contribution < 1.29 is 24.9 Å². The Balaban J connectivity index is 3.07. The van der Waals surface area contributed by atoms with E-state index in [-0.39, 0.29) is 23.7 Å². The van der Waals surface area contributed by atoms with Gasteiger partial charge in [0.05, 0.1) is 13.5 Å². The lowest BCUT2D eigenvalue weighted by atomic mass is 10.1. The SMILES string of the molecule is COc1c(O)cc(CC(=O)O)cc1O. The molecule has 0 heterocycles. The predicted octanol–water partition coefficient (Wildman–Crippen LogP) is 0.733. The zero-order chi connectivity index (χ0) is 10.7. The van der Waals surface area contributed by atoms with Crippen molar-refractivity contribution in [2.75, 3.05) is 7.11 Å². The fraction of sp³-hybridized carbons (Fsp3) is 0.222. The van der Waals surface area contributed by atoms with Crippen molar-refractivity contribution in [1.29, 1.82) is 0 Å². The molecule has 0 fully saturated rings. The minimum atomic E-state index is -1.03. The third-order valence-electron chi connectivity index (χ3n) is 1.67. The molecule has 0 spiro atoms. The number of aromatic hydroxyl groups is 2. The second-order valence-corrected chi connectivity index (χ2v) is 2.74. The molecular formula is C9H10O5. The monoisotopic (exact) mass is 198 g/mol. The Morgan fingerprint density at radius 1 is 1.36 bits per heavy atom. The standard InChI is InChI=1S/C9H10O5/c1-14-9-6(10)2-5(3-7(9)11)4-8(12)13/h2-3,10-11H,4H2,1H3,(H,12,13). The van der Waals surface area contributed by atoms with Gasteiger partial charge < -0.3 is 20.1 Å². The number of carbonyl (C=O) groups is 1. The zero-order valence-electron chi connectivity index (χ0n) is 7.52. The average molecular weight is 198 g/mol. The highest BCUT2D eigenvalue weighted by Crippen LogP contribution is 2.36. The maximum atomic E-state index is 10.4. The van der Waals surface area contributed by atoms with Gasteiger partial charge in [0.2, 0.25) is 5.75 Å². The van der Waals surface area contributed by atoms with Gasteiger partial charge in [0.25, 0.3) is 0 Å². The molecule has 1 aromatic carbocycles. The van der Waals surface area contributed by atoms with Crippen LogP contribution in [-0.4, -0.2) is 28.4 Å². The lowest BCUT2D eigenvalue weighted by Gasteiger charge is -2.07. The lowest BCUT2D eigenvalue weighted by molar-refractivity contribution is -0.136. The van der Waals surface area contributed by atoms with Crippen LogP contribution < -0.4 is 4.74 Å². The summed E-state index contributed by atoms with van der Waals surface area (Å²) >= 11 is 0. The molecule has 0 saturated carbocycles. The number of carboxylic acids is 1. The van der Waals surface area contributed by atoms with Crippen molar-refractivity contribution in [3.8, 4) is 17.2 Å². The second kappa shape index (κ2) is 3.87. The van der Waals surface area contributed by atoms with E-state index >= 15 is 0 Å². The summed E-state index contributed by atoms with van der Waals surface area (Å²) in [5, 5.41) is 27.1. The fourth-order valence-corrected chi connectivity index (χ4v) is 1.14. The summed E-state index contributed by atoms with van der Waals surface area (Å²) in [6.45, 7) is 0. The molecule has 0 aliphatic heterocycles. The van der Waals surface area contributed by atoms with Crippen LogP contribution in [0.1, 0.15) is 5.56 Å². The van der Waals surface area contributed by atoms with Gasteiger partial charge in [-0.15, -0.1) is 0 Å². The molecule has 3 N–H and O–H groups in total. The highest BCUT2D eigenvalue weighted by atomic mass is 16.5. The summed E-state index contributed by atoms with van der Waals surface area (Å²) in [5.74, 6) is -1.64. The molecule has 76 valence electrons. The van der Waals surface area contributed by atoms with Crippen LogP contribution in [-0.2, 0) is 11.2 Å². The Bertz CT molecular complexity index is 335. The predicted molar refractivity (Wildman–Crippen MR) is 47.7 cm³/mol. The van der Waals surface area contributed by atoms with Crippen LogP contribution >= 0.6 is 0 Å². The van der Waals surface area contributed by atoms with E-state index < -0.39 is 5.97 Å². The van der Waals surface area contributed by atoms with Crippen LogP contribution in [0.25, 0.3) is 0 Å². The first-order valence-corrected chi connectivity index (χ1v) is 3.85. The van der Waals surface area contributed by atoms with Crippen molar-refractivity contribution in [1.82, 2.24) is 0 Å². The third-order valence-corrected chi connectivity index (χ3v) is 1.67. The maximum Gasteiger partial charge on any atom is 0.307 e. The summed E-state index contributed by atoms with van der Waals surface area (Å²) in [5.41, 5.74) is 0.313. The molecule has 0 amide bonds. The smallest absolute Gasteiger partial charge is 0.307 e. The number of methoxy groups -OCH3 is 1. The second-order valence-electron chi connectivity index (χ2n) is 2.74. The Morgan fingerprint density at radius 2 is 1.86 bits per heavy atom. The Labute approximate surface area is 80.2 Å². The first-order chi connectivity index (χ1) is 6.54. The van der Waals surface area contributed by atoms with Gasteiger partial charge in [-0.2, -0.15) is 0 Å². The van der Waals surface area contributed by atoms with E-state index in [0.29, 0.717) is 5.56 Å². The molecule has 1 aromatic rings. The molecule has 5 heteroatoms. The van der Waals surface area contributed by atoms with Crippen LogP contribution in [0, 0.1) is 0 Å². The van der Waals surface area contributed by atoms with Gasteiger partial charge in [-0.3, -0.25) is 4.79 Å². The fourth-order valence-electron chi connectivity index (χ4n) is 1.14. The number of hydrogen-bond donors (Lipinski definition) is 3. The maximum absolute atomic E-state index is 10.4. The van der Waals surface area contributed by atoms with Gasteiger partial charge in [-0.25, -0.2) is 0 Å². The first kappa shape index (κ1) is 10.2. The van der Waals surface area contributed by atoms with E-state index in [1.54, 1.807) is 0 Å². The number of phenols is 2. The minimum absolute atomic E-state index is 0.0564. The summed E-state index contributed by atoms with van der Waals surface area (Å²) < 4.78 is 4.69. The highest BCUT2D eigenvalue weighted by molar-refractivity contribution is 5.71. The topological polar surface area (TPSA) is 87.0 Å². The Kier molecular flexibility index (Phi) is 2.81. The average Bonchev–Trinajstić information content (AvgIpc) is 2.01. The number of hydrogen-bond acceptors (Lipinski definition) is 4. The Hall–Kier alpha value is -1.91. The Morgan fingerprint density at radius 3 is 2.21 bits per heavy atom. The van der Waals surface area contributed by atoms with Crippen LogP contribution in [0.5, 0.6) is 17.2 Å². The van der Waals surface area contributed by atoms with Crippen LogP contribution in [0.3, 0.4) is 0 Å². The van der Waals surface area contributed by atoms with Gasteiger partial charge in [-0.1, -0.05) is 0 Å². The van der Waals surface area contributed by atoms with Gasteiger partial charge >= 0.3 is 5.97 Å². The van der Waals surface area contributed by atoms with Gasteiger partial charge in [-0.05, 0) is 17.7 Å². The van der Waals surface area contributed by atoms with E-state index in [1.807, 2.05) is 0 Å². The van der Waals surface area contributed by atoms with Crippen LogP contribution in [0.15, 0.2) is 12.1 Å². The van der Waals surface area contributed by atoms with Crippen molar-refractivity contribution in [2.45, 2.75) is 6.42 Å². The molecule has 0 aliphatic rings. The molecule has 0 radical (unpaired) electrons. The first-order valence-electron chi connectivity index (χ1n) is 3.85. The molecule has 0 saturated heterocycles.